The fourth-order valence-corrected chi connectivity index (χ4v) is 22.9. The van der Waals surface area contributed by atoms with Crippen molar-refractivity contribution >= 4 is 297 Å². The molecule has 0 spiro atoms. The minimum absolute atomic E-state index is 0. The van der Waals surface area contributed by atoms with E-state index in [0.717, 1.165) is 84.2 Å². The van der Waals surface area contributed by atoms with Gasteiger partial charge in [0.15, 0.2) is 12.6 Å². The predicted molar refractivity (Wildman–Crippen MR) is 529 cm³/mol. The molecule has 2 aliphatic heterocycles. The van der Waals surface area contributed by atoms with E-state index in [4.69, 9.17) is 24.1 Å². The molecule has 644 valence electrons. The Kier molecular flexibility index (Phi) is 112. The third-order valence-corrected chi connectivity index (χ3v) is 29.8. The van der Waals surface area contributed by atoms with Gasteiger partial charge in [0.05, 0.1) is 10.5 Å². The zero-order valence-electron chi connectivity index (χ0n) is 71.7. The zero-order valence-corrected chi connectivity index (χ0v) is 98.4. The van der Waals surface area contributed by atoms with E-state index in [-0.39, 0.29) is 190 Å². The van der Waals surface area contributed by atoms with E-state index in [1.165, 1.54) is 288 Å². The molecule has 116 heavy (non-hydrogen) atoms. The minimum atomic E-state index is 0. The molecule has 2 unspecified atom stereocenters. The number of hydrogen-bond donors (Lipinski definition) is 1. The van der Waals surface area contributed by atoms with Gasteiger partial charge in [0.25, 0.3) is 0 Å². The summed E-state index contributed by atoms with van der Waals surface area (Å²) in [5.74, 6) is 1.42. The topological polar surface area (TPSA) is 57.2 Å². The van der Waals surface area contributed by atoms with Gasteiger partial charge in [-0.3, -0.25) is 34.0 Å². The summed E-state index contributed by atoms with van der Waals surface area (Å²) < 4.78 is 30.3. The summed E-state index contributed by atoms with van der Waals surface area (Å²) in [5, 5.41) is 20.8. The molecule has 0 aromatic carbocycles. The number of unbranched alkanes of at least 4 members (excludes halogenated alkanes) is 21. The first-order valence-corrected chi connectivity index (χ1v) is 51.3. The summed E-state index contributed by atoms with van der Waals surface area (Å²) in [6, 6.07) is 16.0. The maximum Gasteiger partial charge on any atom is 2.00 e. The van der Waals surface area contributed by atoms with Gasteiger partial charge < -0.3 is 98.4 Å². The number of ether oxygens (including phenoxy) is 4. The van der Waals surface area contributed by atoms with E-state index < -0.39 is 0 Å². The van der Waals surface area contributed by atoms with Crippen molar-refractivity contribution in [2.45, 2.75) is 345 Å². The normalized spacial score (nSPS) is 12.8. The SMILES string of the molecule is Brc1s[c-]cc1CCCCCCOC1CCCCO1.Brc1s[c-]cc1CCCCCCOC1CCCCO1.CCCCCCc1c[c-]sc1Br.CCCCCCc1cc(-c2cc(CCCCCC)c(Cc3cc(CCCCCCO)cs3)s2)sc1Br.CCCCCCc1cc(I)sc1Br.C[C-](C)C.C[CH-]C.[Cl-].[Cl-].[Cl-].[Cl-].[Cl-].[Mg+2].[Mg+2].[Mg+2].[Mg+2].[Mg+2]. The van der Waals surface area contributed by atoms with Crippen molar-refractivity contribution in [1.29, 1.82) is 0 Å². The average molecular weight is 2320 g/mol. The van der Waals surface area contributed by atoms with Crippen LogP contribution in [0.25, 0.3) is 9.75 Å². The van der Waals surface area contributed by atoms with Gasteiger partial charge in [0.2, 0.25) is 0 Å². The van der Waals surface area contributed by atoms with E-state index in [2.05, 4.69) is 215 Å². The first kappa shape index (κ1) is 138. The van der Waals surface area contributed by atoms with Crippen LogP contribution in [0, 0.1) is 31.4 Å². The van der Waals surface area contributed by atoms with Crippen molar-refractivity contribution in [1.82, 2.24) is 0 Å². The molecule has 2 fully saturated rings. The molecule has 28 heteroatoms. The monoisotopic (exact) mass is 2310 g/mol. The largest absolute Gasteiger partial charge is 2.00 e. The standard InChI is InChI=1S/C31H45BrOS3.2C15H22BrO2S.C10H14BrIS.C10H14BrS.C4H9.C3H7.5ClH.5Mg/c1-3-5-7-12-16-25-20-29(30-21-26(31(32)36-30)17-13-8-6-4-2)35-28(25)22-27-19-24(23-34-27)15-11-9-10-14-18-33;2*16-15-13(9-12-19-15)7-3-1-2-5-10-17-14-8-4-6-11-18-14;1-2-3-4-5-6-8-7-9(12)13-10(8)11;1-2-3-4-5-6-9-7-8-12-10(9)11;1-4(2)3;1-3-2;;;;;;;;;;/h19-21,23,33H,3-18,22H2,1-2H3;2*9,14H,1-8,10-11H2;7H,2-6H2,1H3;7H,2-6H2,1H3;1-3H3;3H,1-2H3;5*1H;;;;;/q;2*-1;;3*-1;;;;;;5*+2/p-5. The maximum atomic E-state index is 8.97. The van der Waals surface area contributed by atoms with Gasteiger partial charge in [-0.25, -0.2) is 0 Å². The molecule has 0 bridgehead atoms. The van der Waals surface area contributed by atoms with Gasteiger partial charge in [-0.1, -0.05) is 193 Å². The van der Waals surface area contributed by atoms with Crippen molar-refractivity contribution < 1.29 is 86.1 Å². The molecular formula is C88H133Br5Cl5IMg5O5S7. The van der Waals surface area contributed by atoms with Gasteiger partial charge in [-0.2, -0.15) is 69.5 Å². The number of aliphatic hydroxyl groups excluding tert-OH is 1. The van der Waals surface area contributed by atoms with Crippen LogP contribution < -0.4 is 62.0 Å². The summed E-state index contributed by atoms with van der Waals surface area (Å²) in [6.07, 6.45) is 54.3. The Labute approximate surface area is 903 Å². The first-order valence-electron chi connectivity index (χ1n) is 40.5. The summed E-state index contributed by atoms with van der Waals surface area (Å²) >= 11 is 33.2. The number of aryl methyl sites for hydroxylation is 7. The third-order valence-electron chi connectivity index (χ3n) is 17.7. The fourth-order valence-electron chi connectivity index (χ4n) is 11.8. The van der Waals surface area contributed by atoms with Crippen LogP contribution in [0.3, 0.4) is 0 Å². The second-order valence-electron chi connectivity index (χ2n) is 28.3. The molecule has 1 N–H and O–H groups in total. The second kappa shape index (κ2) is 94.3. The van der Waals surface area contributed by atoms with Crippen molar-refractivity contribution in [3.05, 3.63) is 147 Å². The van der Waals surface area contributed by atoms with Gasteiger partial charge in [0.1, 0.15) is 0 Å². The molecule has 0 saturated carbocycles. The molecule has 9 heterocycles. The number of thiophene rings is 7. The Morgan fingerprint density at radius 2 is 0.776 bits per heavy atom. The number of aliphatic hydroxyl groups is 1. The predicted octanol–water partition coefficient (Wildman–Crippen LogP) is 16.8. The van der Waals surface area contributed by atoms with Crippen molar-refractivity contribution in [2.75, 3.05) is 33.0 Å². The molecule has 5 nitrogen and oxygen atoms in total. The Balaban J connectivity index is -0.000000211. The van der Waals surface area contributed by atoms with E-state index in [0.29, 0.717) is 6.61 Å². The quantitative estimate of drug-likeness (QED) is 0.0178. The molecule has 0 amide bonds. The minimum Gasteiger partial charge on any atom is -1.00 e. The van der Waals surface area contributed by atoms with Crippen LogP contribution in [-0.2, 0) is 70.3 Å². The summed E-state index contributed by atoms with van der Waals surface area (Å²) in [5.41, 5.74) is 10.3. The van der Waals surface area contributed by atoms with Crippen LogP contribution in [0.1, 0.15) is 329 Å². The Morgan fingerprint density at radius 3 is 1.13 bits per heavy atom. The molecule has 7 aromatic rings. The maximum absolute atomic E-state index is 8.97. The van der Waals surface area contributed by atoms with Crippen LogP contribution in [0.5, 0.6) is 0 Å². The van der Waals surface area contributed by atoms with Gasteiger partial charge in [-0.05, 0) is 216 Å². The Morgan fingerprint density at radius 1 is 0.440 bits per heavy atom. The number of hydrogen-bond acceptors (Lipinski definition) is 12. The molecule has 0 radical (unpaired) electrons. The molecule has 2 atom stereocenters. The van der Waals surface area contributed by atoms with Crippen molar-refractivity contribution in [2.24, 2.45) is 0 Å². The van der Waals surface area contributed by atoms with Gasteiger partial charge >= 0.3 is 115 Å². The van der Waals surface area contributed by atoms with Crippen LogP contribution in [0.4, 0.5) is 0 Å². The van der Waals surface area contributed by atoms with Crippen LogP contribution in [0.15, 0.2) is 66.8 Å². The van der Waals surface area contributed by atoms with Gasteiger partial charge in [-0.15, -0.1) is 109 Å². The molecule has 2 aliphatic rings. The van der Waals surface area contributed by atoms with E-state index in [1.807, 2.05) is 65.6 Å². The molecule has 2 saturated heterocycles. The second-order valence-corrected chi connectivity index (χ2v) is 43.5. The third kappa shape index (κ3) is 69.9. The fraction of sp³-hybridized carbons (Fsp3) is 0.659. The van der Waals surface area contributed by atoms with Gasteiger partial charge in [0, 0.05) is 59.0 Å². The summed E-state index contributed by atoms with van der Waals surface area (Å²) in [4.78, 5) is 5.98. The van der Waals surface area contributed by atoms with Crippen molar-refractivity contribution in [3.8, 4) is 9.75 Å². The van der Waals surface area contributed by atoms with Crippen LogP contribution in [0.2, 0.25) is 0 Å². The first-order chi connectivity index (χ1) is 51.6. The van der Waals surface area contributed by atoms with E-state index >= 15 is 0 Å². The van der Waals surface area contributed by atoms with E-state index in [1.54, 1.807) is 44.5 Å². The molecule has 9 rings (SSSR count). The Hall–Kier alpha value is 6.11. The summed E-state index contributed by atoms with van der Waals surface area (Å²) in [6.45, 7) is 23.1. The van der Waals surface area contributed by atoms with Crippen molar-refractivity contribution in [3.63, 3.8) is 0 Å². The average Bonchev–Trinajstić information content (AvgIpc) is 1.66. The molecule has 7 aromatic heterocycles. The number of rotatable bonds is 45. The Bertz CT molecular complexity index is 3100. The smallest absolute Gasteiger partial charge is 1.00 e. The molecular weight excluding hydrogens is 2190 g/mol. The summed E-state index contributed by atoms with van der Waals surface area (Å²) in [7, 11) is 0. The van der Waals surface area contributed by atoms with E-state index in [9.17, 15) is 0 Å². The number of halogens is 11. The molecule has 0 aliphatic carbocycles. The zero-order chi connectivity index (χ0) is 77.0. The van der Waals surface area contributed by atoms with Crippen LogP contribution >= 0.6 is 182 Å². The van der Waals surface area contributed by atoms with Crippen LogP contribution in [-0.4, -0.2) is 166 Å².